The van der Waals surface area contributed by atoms with E-state index in [2.05, 4.69) is 15.7 Å². The number of hydrogen-bond donors (Lipinski definition) is 2. The molecule has 1 aromatic heterocycles. The standard InChI is InChI=1S/C30H28ClFN4O5/c1-2-36-27(25(31)16-34-36)22-13-23(15-24(32)14-22)28(37)33-17-26(29(38)40-18-20-9-5-3-6-10-20)35-30(39)41-19-21-11-7-4-8-12-21/h3-16,26H,2,17-19H2,1H3,(H,33,37)(H,35,39)/t26-/m1/s1. The molecule has 1 heterocycles. The van der Waals surface area contributed by atoms with Crippen molar-refractivity contribution in [2.45, 2.75) is 32.7 Å². The first-order valence-corrected chi connectivity index (χ1v) is 13.2. The second-order valence-electron chi connectivity index (χ2n) is 8.95. The summed E-state index contributed by atoms with van der Waals surface area (Å²) in [5, 5.41) is 9.47. The SMILES string of the molecule is CCn1ncc(Cl)c1-c1cc(F)cc(C(=O)NC[C@@H](NC(=O)OCc2ccccc2)C(=O)OCc2ccccc2)c1. The van der Waals surface area contributed by atoms with Crippen LogP contribution in [0.2, 0.25) is 5.02 Å². The number of hydrogen-bond acceptors (Lipinski definition) is 6. The average Bonchev–Trinajstić information content (AvgIpc) is 3.37. The predicted octanol–water partition coefficient (Wildman–Crippen LogP) is 5.13. The highest BCUT2D eigenvalue weighted by Crippen LogP contribution is 2.29. The molecule has 4 aromatic rings. The van der Waals surface area contributed by atoms with Crippen molar-refractivity contribution >= 4 is 29.6 Å². The Balaban J connectivity index is 1.45. The van der Waals surface area contributed by atoms with E-state index in [0.29, 0.717) is 22.8 Å². The van der Waals surface area contributed by atoms with Crippen LogP contribution in [0.1, 0.15) is 28.4 Å². The Morgan fingerprint density at radius 2 is 1.59 bits per heavy atom. The lowest BCUT2D eigenvalue weighted by atomic mass is 10.1. The van der Waals surface area contributed by atoms with Gasteiger partial charge in [0.05, 0.1) is 16.9 Å². The van der Waals surface area contributed by atoms with Gasteiger partial charge in [-0.25, -0.2) is 14.0 Å². The van der Waals surface area contributed by atoms with Crippen molar-refractivity contribution < 1.29 is 28.2 Å². The quantitative estimate of drug-likeness (QED) is 0.239. The largest absolute Gasteiger partial charge is 0.459 e. The van der Waals surface area contributed by atoms with Crippen molar-refractivity contribution in [3.05, 3.63) is 113 Å². The third-order valence-corrected chi connectivity index (χ3v) is 6.28. The number of aryl methyl sites for hydroxylation is 1. The molecule has 2 N–H and O–H groups in total. The Bertz CT molecular complexity index is 1500. The summed E-state index contributed by atoms with van der Waals surface area (Å²) in [4.78, 5) is 38.5. The molecule has 0 saturated carbocycles. The first kappa shape index (κ1) is 29.3. The molecule has 41 heavy (non-hydrogen) atoms. The number of amides is 2. The number of carbonyl (C=O) groups is 3. The summed E-state index contributed by atoms with van der Waals surface area (Å²) < 4.78 is 26.7. The molecule has 0 aliphatic rings. The summed E-state index contributed by atoms with van der Waals surface area (Å²) in [7, 11) is 0. The normalized spacial score (nSPS) is 11.4. The lowest BCUT2D eigenvalue weighted by molar-refractivity contribution is -0.147. The van der Waals surface area contributed by atoms with Crippen molar-refractivity contribution in [2.75, 3.05) is 6.54 Å². The molecule has 0 saturated heterocycles. The molecule has 1 atom stereocenters. The summed E-state index contributed by atoms with van der Waals surface area (Å²) in [5.74, 6) is -2.12. The lowest BCUT2D eigenvalue weighted by Crippen LogP contribution is -2.49. The minimum absolute atomic E-state index is 0.0111. The van der Waals surface area contributed by atoms with Crippen LogP contribution in [0.5, 0.6) is 0 Å². The zero-order valence-corrected chi connectivity index (χ0v) is 22.9. The zero-order chi connectivity index (χ0) is 29.2. The van der Waals surface area contributed by atoms with E-state index < -0.39 is 29.8 Å². The van der Waals surface area contributed by atoms with Crippen LogP contribution in [0.3, 0.4) is 0 Å². The van der Waals surface area contributed by atoms with Crippen LogP contribution < -0.4 is 10.6 Å². The minimum atomic E-state index is -1.28. The van der Waals surface area contributed by atoms with Crippen LogP contribution in [-0.2, 0) is 34.0 Å². The van der Waals surface area contributed by atoms with E-state index in [-0.39, 0.29) is 25.3 Å². The van der Waals surface area contributed by atoms with Gasteiger partial charge in [0.1, 0.15) is 25.1 Å². The zero-order valence-electron chi connectivity index (χ0n) is 22.2. The van der Waals surface area contributed by atoms with E-state index >= 15 is 0 Å². The van der Waals surface area contributed by atoms with Gasteiger partial charge in [-0.2, -0.15) is 5.10 Å². The maximum Gasteiger partial charge on any atom is 0.408 e. The van der Waals surface area contributed by atoms with E-state index in [1.165, 1.54) is 18.3 Å². The number of nitrogens with zero attached hydrogens (tertiary/aromatic N) is 2. The van der Waals surface area contributed by atoms with E-state index in [1.807, 2.05) is 19.1 Å². The van der Waals surface area contributed by atoms with Crippen LogP contribution in [0.4, 0.5) is 9.18 Å². The second kappa shape index (κ2) is 14.1. The van der Waals surface area contributed by atoms with Crippen molar-refractivity contribution in [1.29, 1.82) is 0 Å². The monoisotopic (exact) mass is 578 g/mol. The molecule has 2 amide bonds. The topological polar surface area (TPSA) is 112 Å². The summed E-state index contributed by atoms with van der Waals surface area (Å²) in [5.41, 5.74) is 2.31. The van der Waals surface area contributed by atoms with Gasteiger partial charge in [-0.05, 0) is 36.2 Å². The third-order valence-electron chi connectivity index (χ3n) is 6.01. The van der Waals surface area contributed by atoms with Crippen LogP contribution in [-0.4, -0.2) is 40.3 Å². The molecule has 0 aliphatic carbocycles. The number of halogens is 2. The highest BCUT2D eigenvalue weighted by molar-refractivity contribution is 6.33. The molecule has 212 valence electrons. The smallest absolute Gasteiger partial charge is 0.408 e. The van der Waals surface area contributed by atoms with Crippen molar-refractivity contribution in [3.63, 3.8) is 0 Å². The molecule has 0 unspecified atom stereocenters. The summed E-state index contributed by atoms with van der Waals surface area (Å²) in [6.07, 6.45) is 0.569. The maximum atomic E-state index is 14.5. The Morgan fingerprint density at radius 1 is 0.951 bits per heavy atom. The van der Waals surface area contributed by atoms with E-state index in [0.717, 1.165) is 17.2 Å². The summed E-state index contributed by atoms with van der Waals surface area (Å²) in [6.45, 7) is 1.94. The fourth-order valence-electron chi connectivity index (χ4n) is 3.97. The summed E-state index contributed by atoms with van der Waals surface area (Å²) >= 11 is 6.26. The van der Waals surface area contributed by atoms with Gasteiger partial charge >= 0.3 is 12.1 Å². The Hall–Kier alpha value is -4.70. The van der Waals surface area contributed by atoms with Crippen LogP contribution in [0.25, 0.3) is 11.3 Å². The van der Waals surface area contributed by atoms with E-state index in [4.69, 9.17) is 21.1 Å². The second-order valence-corrected chi connectivity index (χ2v) is 9.35. The van der Waals surface area contributed by atoms with Crippen molar-refractivity contribution in [2.24, 2.45) is 0 Å². The van der Waals surface area contributed by atoms with Gasteiger partial charge in [-0.1, -0.05) is 72.3 Å². The van der Waals surface area contributed by atoms with Gasteiger partial charge in [-0.3, -0.25) is 9.48 Å². The Labute approximate surface area is 241 Å². The molecular formula is C30H28ClFN4O5. The first-order chi connectivity index (χ1) is 19.8. The molecule has 0 aliphatic heterocycles. The summed E-state index contributed by atoms with van der Waals surface area (Å²) in [6, 6.07) is 20.5. The van der Waals surface area contributed by atoms with Gasteiger partial charge in [0, 0.05) is 24.2 Å². The average molecular weight is 579 g/mol. The lowest BCUT2D eigenvalue weighted by Gasteiger charge is -2.18. The number of alkyl carbamates (subject to hydrolysis) is 1. The van der Waals surface area contributed by atoms with Crippen LogP contribution in [0.15, 0.2) is 85.1 Å². The van der Waals surface area contributed by atoms with Gasteiger partial charge in [0.25, 0.3) is 5.91 Å². The number of rotatable bonds is 11. The fourth-order valence-corrected chi connectivity index (χ4v) is 4.22. The molecule has 0 radical (unpaired) electrons. The van der Waals surface area contributed by atoms with Gasteiger partial charge in [0.15, 0.2) is 0 Å². The molecule has 0 fully saturated rings. The Kier molecular flexibility index (Phi) is 10.1. The molecule has 3 aromatic carbocycles. The molecule has 0 bridgehead atoms. The number of aromatic nitrogens is 2. The van der Waals surface area contributed by atoms with Crippen LogP contribution in [0, 0.1) is 5.82 Å². The number of carbonyl (C=O) groups excluding carboxylic acids is 3. The first-order valence-electron chi connectivity index (χ1n) is 12.8. The van der Waals surface area contributed by atoms with Crippen molar-refractivity contribution in [1.82, 2.24) is 20.4 Å². The highest BCUT2D eigenvalue weighted by atomic mass is 35.5. The molecule has 9 nitrogen and oxygen atoms in total. The van der Waals surface area contributed by atoms with E-state index in [9.17, 15) is 18.8 Å². The van der Waals surface area contributed by atoms with Crippen LogP contribution >= 0.6 is 11.6 Å². The molecule has 11 heteroatoms. The van der Waals surface area contributed by atoms with Gasteiger partial charge in [0.2, 0.25) is 0 Å². The van der Waals surface area contributed by atoms with E-state index in [1.54, 1.807) is 53.2 Å². The Morgan fingerprint density at radius 3 is 2.22 bits per heavy atom. The molecule has 0 spiro atoms. The predicted molar refractivity (Wildman–Crippen MR) is 150 cm³/mol. The minimum Gasteiger partial charge on any atom is -0.459 e. The van der Waals surface area contributed by atoms with Crippen molar-refractivity contribution in [3.8, 4) is 11.3 Å². The molecular weight excluding hydrogens is 551 g/mol. The fraction of sp³-hybridized carbons (Fsp3) is 0.200. The van der Waals surface area contributed by atoms with Gasteiger partial charge in [-0.15, -0.1) is 0 Å². The highest BCUT2D eigenvalue weighted by Gasteiger charge is 2.25. The number of ether oxygens (including phenoxy) is 2. The number of nitrogens with one attached hydrogen (secondary N) is 2. The molecule has 4 rings (SSSR count). The third kappa shape index (κ3) is 8.15. The van der Waals surface area contributed by atoms with Gasteiger partial charge < -0.3 is 20.1 Å². The maximum absolute atomic E-state index is 14.5. The number of benzene rings is 3. The number of esters is 1.